The summed E-state index contributed by atoms with van der Waals surface area (Å²) in [5.74, 6) is 0.302. The molecular weight excluding hydrogens is 302 g/mol. The largest absolute Gasteiger partial charge is 0.352 e. The fourth-order valence-corrected chi connectivity index (χ4v) is 5.16. The van der Waals surface area contributed by atoms with Crippen molar-refractivity contribution in [1.82, 2.24) is 13.9 Å². The van der Waals surface area contributed by atoms with Crippen LogP contribution in [0.1, 0.15) is 32.9 Å². The molecule has 24 heavy (non-hydrogen) atoms. The van der Waals surface area contributed by atoms with Gasteiger partial charge in [0.25, 0.3) is 0 Å². The zero-order valence-electron chi connectivity index (χ0n) is 13.9. The molecule has 2 bridgehead atoms. The molecule has 0 radical (unpaired) electrons. The maximum absolute atomic E-state index is 13.1. The van der Waals surface area contributed by atoms with Gasteiger partial charge in [-0.1, -0.05) is 48.4 Å². The molecule has 0 amide bonds. The molecule has 4 aliphatic rings. The van der Waals surface area contributed by atoms with Crippen LogP contribution >= 0.6 is 0 Å². The first-order chi connectivity index (χ1) is 11.5. The van der Waals surface area contributed by atoms with Crippen molar-refractivity contribution in [3.8, 4) is 5.69 Å². The summed E-state index contributed by atoms with van der Waals surface area (Å²) in [5, 5.41) is 0. The zero-order chi connectivity index (χ0) is 16.8. The molecule has 0 saturated heterocycles. The summed E-state index contributed by atoms with van der Waals surface area (Å²) in [5.41, 5.74) is 2.77. The number of allylic oxidation sites excluding steroid dienone is 4. The predicted octanol–water partition coefficient (Wildman–Crippen LogP) is 2.44. The van der Waals surface area contributed by atoms with Crippen LogP contribution in [0, 0.1) is 11.3 Å². The summed E-state index contributed by atoms with van der Waals surface area (Å²) in [7, 11) is 0. The third-order valence-electron chi connectivity index (χ3n) is 6.53. The number of nitrogens with zero attached hydrogens (tertiary/aromatic N) is 3. The van der Waals surface area contributed by atoms with Crippen molar-refractivity contribution in [2.75, 3.05) is 0 Å². The fraction of sp³-hybridized carbons (Fsp3) is 0.368. The average molecular weight is 321 g/mol. The van der Waals surface area contributed by atoms with Gasteiger partial charge in [0.1, 0.15) is 0 Å². The number of para-hydroxylation sites is 1. The van der Waals surface area contributed by atoms with Crippen molar-refractivity contribution in [3.05, 3.63) is 74.6 Å². The maximum Gasteiger partial charge on any atom is 0.352 e. The number of benzene rings is 1. The molecule has 0 unspecified atom stereocenters. The van der Waals surface area contributed by atoms with Crippen molar-refractivity contribution < 1.29 is 0 Å². The van der Waals surface area contributed by atoms with E-state index in [2.05, 4.69) is 32.9 Å². The van der Waals surface area contributed by atoms with Gasteiger partial charge in [0, 0.05) is 11.3 Å². The Kier molecular flexibility index (Phi) is 2.36. The summed E-state index contributed by atoms with van der Waals surface area (Å²) in [6, 6.07) is 9.00. The maximum atomic E-state index is 13.1. The zero-order valence-corrected chi connectivity index (χ0v) is 13.9. The molecule has 0 N–H and O–H groups in total. The Balaban J connectivity index is 1.82. The Bertz CT molecular complexity index is 1050. The molecule has 2 aliphatic heterocycles. The van der Waals surface area contributed by atoms with E-state index in [0.717, 1.165) is 0 Å². The quantitative estimate of drug-likeness (QED) is 0.758. The molecule has 2 aromatic rings. The fourth-order valence-electron chi connectivity index (χ4n) is 5.16. The highest BCUT2D eigenvalue weighted by atomic mass is 16.2. The number of hydrogen-bond acceptors (Lipinski definition) is 2. The summed E-state index contributed by atoms with van der Waals surface area (Å²) in [6.45, 7) is 6.53. The van der Waals surface area contributed by atoms with Crippen LogP contribution in [-0.2, 0) is 0 Å². The van der Waals surface area contributed by atoms with E-state index in [1.54, 1.807) is 21.5 Å². The van der Waals surface area contributed by atoms with Gasteiger partial charge in [-0.15, -0.1) is 0 Å². The first kappa shape index (κ1) is 13.8. The van der Waals surface area contributed by atoms with Crippen LogP contribution in [0.5, 0.6) is 0 Å². The van der Waals surface area contributed by atoms with Gasteiger partial charge < -0.3 is 0 Å². The Morgan fingerprint density at radius 3 is 2.33 bits per heavy atom. The van der Waals surface area contributed by atoms with Crippen molar-refractivity contribution in [2.45, 2.75) is 32.9 Å². The summed E-state index contributed by atoms with van der Waals surface area (Å²) in [6.07, 6.45) is 4.20. The lowest BCUT2D eigenvalue weighted by Crippen LogP contribution is -2.59. The van der Waals surface area contributed by atoms with Gasteiger partial charge in [0.05, 0.1) is 17.8 Å². The van der Waals surface area contributed by atoms with Gasteiger partial charge >= 0.3 is 11.4 Å². The van der Waals surface area contributed by atoms with Crippen molar-refractivity contribution in [2.24, 2.45) is 11.3 Å². The molecule has 5 nitrogen and oxygen atoms in total. The minimum absolute atomic E-state index is 0.0668. The second kappa shape index (κ2) is 4.09. The van der Waals surface area contributed by atoms with Crippen LogP contribution in [0.4, 0.5) is 0 Å². The van der Waals surface area contributed by atoms with Gasteiger partial charge in [-0.05, 0) is 26.0 Å². The molecule has 1 aromatic carbocycles. The van der Waals surface area contributed by atoms with Crippen LogP contribution in [-0.4, -0.2) is 13.9 Å². The van der Waals surface area contributed by atoms with Crippen LogP contribution in [0.3, 0.4) is 0 Å². The summed E-state index contributed by atoms with van der Waals surface area (Å²) in [4.78, 5) is 26.1. The van der Waals surface area contributed by atoms with Crippen LogP contribution in [0.15, 0.2) is 63.2 Å². The van der Waals surface area contributed by atoms with Crippen LogP contribution in [0.25, 0.3) is 5.69 Å². The van der Waals surface area contributed by atoms with E-state index < -0.39 is 0 Å². The Morgan fingerprint density at radius 2 is 1.62 bits per heavy atom. The second-order valence-electron chi connectivity index (χ2n) is 7.31. The second-order valence-corrected chi connectivity index (χ2v) is 7.31. The molecule has 0 fully saturated rings. The lowest BCUT2D eigenvalue weighted by Gasteiger charge is -2.60. The Morgan fingerprint density at radius 1 is 0.958 bits per heavy atom. The van der Waals surface area contributed by atoms with Crippen molar-refractivity contribution >= 4 is 0 Å². The third-order valence-corrected chi connectivity index (χ3v) is 6.53. The van der Waals surface area contributed by atoms with E-state index in [1.165, 1.54) is 15.7 Å². The van der Waals surface area contributed by atoms with Crippen LogP contribution in [0.2, 0.25) is 0 Å². The smallest absolute Gasteiger partial charge is 0.245 e. The van der Waals surface area contributed by atoms with Crippen LogP contribution < -0.4 is 11.4 Å². The highest BCUT2D eigenvalue weighted by molar-refractivity contribution is 5.44. The van der Waals surface area contributed by atoms with Gasteiger partial charge in [-0.25, -0.2) is 23.5 Å². The number of rotatable bonds is 1. The minimum Gasteiger partial charge on any atom is -0.245 e. The molecule has 5 heteroatoms. The molecule has 2 aliphatic carbocycles. The number of hydrogen-bond donors (Lipinski definition) is 0. The summed E-state index contributed by atoms with van der Waals surface area (Å²) >= 11 is 0. The average Bonchev–Trinajstić information content (AvgIpc) is 2.88. The highest BCUT2D eigenvalue weighted by Gasteiger charge is 2.61. The molecule has 1 aromatic heterocycles. The highest BCUT2D eigenvalue weighted by Crippen LogP contribution is 2.65. The topological polar surface area (TPSA) is 48.9 Å². The molecule has 122 valence electrons. The predicted molar refractivity (Wildman–Crippen MR) is 91.5 cm³/mol. The van der Waals surface area contributed by atoms with Gasteiger partial charge in [-0.2, -0.15) is 0 Å². The Hall–Kier alpha value is -2.56. The van der Waals surface area contributed by atoms with E-state index in [-0.39, 0.29) is 28.9 Å². The van der Waals surface area contributed by atoms with Gasteiger partial charge in [0.2, 0.25) is 0 Å². The minimum atomic E-state index is -0.248. The molecule has 4 atom stereocenters. The normalized spacial score (nSPS) is 32.5. The molecule has 3 heterocycles. The Labute approximate surface area is 139 Å². The molecule has 0 spiro atoms. The standard InChI is InChI=1S/C19H19N3O2/c1-11-12(2)19(3)15-10-9-14(16(11)19)21-17(23)20(18(24)22(15)21)13-7-5-4-6-8-13/h4-10,14-16H,1-3H3/t14-,15-,16+,19-/m0/s1. The number of aromatic nitrogens is 3. The first-order valence-corrected chi connectivity index (χ1v) is 8.35. The third kappa shape index (κ3) is 1.26. The molecule has 6 rings (SSSR count). The first-order valence-electron chi connectivity index (χ1n) is 8.35. The van der Waals surface area contributed by atoms with Crippen molar-refractivity contribution in [3.63, 3.8) is 0 Å². The van der Waals surface area contributed by atoms with E-state index in [4.69, 9.17) is 0 Å². The van der Waals surface area contributed by atoms with E-state index in [1.807, 2.05) is 18.2 Å². The van der Waals surface area contributed by atoms with Gasteiger partial charge in [-0.3, -0.25) is 0 Å². The van der Waals surface area contributed by atoms with E-state index in [0.29, 0.717) is 11.6 Å². The molecular formula is C19H19N3O2. The van der Waals surface area contributed by atoms with Gasteiger partial charge in [0.15, 0.2) is 0 Å². The summed E-state index contributed by atoms with van der Waals surface area (Å²) < 4.78 is 4.64. The van der Waals surface area contributed by atoms with Crippen molar-refractivity contribution in [1.29, 1.82) is 0 Å². The van der Waals surface area contributed by atoms with E-state index >= 15 is 0 Å². The van der Waals surface area contributed by atoms with E-state index in [9.17, 15) is 9.59 Å². The SMILES string of the molecule is CC1=C(C)[C@]2(C)[C@H]1[C@@H]1C=C[C@@H]2n2c(=O)n(-c3ccccc3)c(=O)n21. The molecule has 0 saturated carbocycles. The monoisotopic (exact) mass is 321 g/mol. The lowest BCUT2D eigenvalue weighted by molar-refractivity contribution is 0.0303. The lowest BCUT2D eigenvalue weighted by atomic mass is 9.49.